The summed E-state index contributed by atoms with van der Waals surface area (Å²) in [5.41, 5.74) is 3.15. The van der Waals surface area contributed by atoms with E-state index in [0.29, 0.717) is 21.8 Å². The number of aryl methyl sites for hydroxylation is 2. The van der Waals surface area contributed by atoms with Gasteiger partial charge in [0, 0.05) is 15.9 Å². The highest BCUT2D eigenvalue weighted by Gasteiger charge is 2.35. The molecular weight excluding hydrogens is 419 g/mol. The van der Waals surface area contributed by atoms with E-state index in [1.54, 1.807) is 0 Å². The third-order valence-corrected chi connectivity index (χ3v) is 6.08. The lowest BCUT2D eigenvalue weighted by molar-refractivity contribution is -0.119. The van der Waals surface area contributed by atoms with Gasteiger partial charge < -0.3 is 10.2 Å². The molecule has 7 heteroatoms. The van der Waals surface area contributed by atoms with Crippen LogP contribution in [-0.2, 0) is 4.79 Å². The van der Waals surface area contributed by atoms with Crippen LogP contribution in [0.5, 0.6) is 0 Å². The predicted molar refractivity (Wildman–Crippen MR) is 106 cm³/mol. The molecule has 136 valence electrons. The minimum absolute atomic E-state index is 0.219. The summed E-state index contributed by atoms with van der Waals surface area (Å²) in [5, 5.41) is 2.88. The van der Waals surface area contributed by atoms with Gasteiger partial charge in [-0.25, -0.2) is 4.39 Å². The van der Waals surface area contributed by atoms with Crippen LogP contribution in [0.3, 0.4) is 0 Å². The zero-order valence-electron chi connectivity index (χ0n) is 14.4. The number of anilines is 1. The molecule has 26 heavy (non-hydrogen) atoms. The molecular formula is C19H18BrFN2O2S. The SMILES string of the molecule is Cc1ccc(NC(=O)C2CSCN2C(=O)c2cc(F)ccc2Br)cc1C. The molecule has 0 aromatic heterocycles. The van der Waals surface area contributed by atoms with Crippen LogP contribution in [0.25, 0.3) is 0 Å². The quantitative estimate of drug-likeness (QED) is 0.777. The Morgan fingerprint density at radius 1 is 1.19 bits per heavy atom. The molecule has 1 aliphatic heterocycles. The minimum atomic E-state index is -0.593. The second kappa shape index (κ2) is 7.80. The van der Waals surface area contributed by atoms with Crippen LogP contribution in [0, 0.1) is 19.7 Å². The van der Waals surface area contributed by atoms with Crippen molar-refractivity contribution in [2.24, 2.45) is 0 Å². The maximum absolute atomic E-state index is 13.5. The van der Waals surface area contributed by atoms with E-state index >= 15 is 0 Å². The van der Waals surface area contributed by atoms with Crippen LogP contribution >= 0.6 is 27.7 Å². The van der Waals surface area contributed by atoms with Gasteiger partial charge in [0.1, 0.15) is 11.9 Å². The molecule has 1 N–H and O–H groups in total. The smallest absolute Gasteiger partial charge is 0.256 e. The summed E-state index contributed by atoms with van der Waals surface area (Å²) >= 11 is 4.79. The topological polar surface area (TPSA) is 49.4 Å². The minimum Gasteiger partial charge on any atom is -0.324 e. The molecule has 1 atom stereocenters. The molecule has 1 fully saturated rings. The molecule has 1 aliphatic rings. The Hall–Kier alpha value is -1.86. The van der Waals surface area contributed by atoms with E-state index in [9.17, 15) is 14.0 Å². The summed E-state index contributed by atoms with van der Waals surface area (Å²) in [6.07, 6.45) is 0. The number of hydrogen-bond acceptors (Lipinski definition) is 3. The summed E-state index contributed by atoms with van der Waals surface area (Å²) in [6.45, 7) is 3.99. The number of benzene rings is 2. The summed E-state index contributed by atoms with van der Waals surface area (Å²) in [5.74, 6) is -0.178. The molecule has 3 rings (SSSR count). The summed E-state index contributed by atoms with van der Waals surface area (Å²) < 4.78 is 14.0. The number of rotatable bonds is 3. The standard InChI is InChI=1S/C19H18BrFN2O2S/c1-11-3-5-14(7-12(11)2)22-18(24)17-9-26-10-23(17)19(25)15-8-13(21)4-6-16(15)20/h3-8,17H,9-10H2,1-2H3,(H,22,24). The second-order valence-corrected chi connectivity index (χ2v) is 8.06. The number of halogens is 2. The Morgan fingerprint density at radius 3 is 2.69 bits per heavy atom. The van der Waals surface area contributed by atoms with Gasteiger partial charge >= 0.3 is 0 Å². The highest BCUT2D eigenvalue weighted by Crippen LogP contribution is 2.27. The number of carbonyl (C=O) groups excluding carboxylic acids is 2. The van der Waals surface area contributed by atoms with Crippen molar-refractivity contribution in [1.29, 1.82) is 0 Å². The molecule has 1 heterocycles. The zero-order chi connectivity index (χ0) is 18.8. The summed E-state index contributed by atoms with van der Waals surface area (Å²) in [4.78, 5) is 27.0. The lowest BCUT2D eigenvalue weighted by atomic mass is 10.1. The number of nitrogens with one attached hydrogen (secondary N) is 1. The number of amides is 2. The number of nitrogens with zero attached hydrogens (tertiary/aromatic N) is 1. The van der Waals surface area contributed by atoms with Crippen LogP contribution in [0.1, 0.15) is 21.5 Å². The molecule has 0 spiro atoms. The van der Waals surface area contributed by atoms with E-state index in [0.717, 1.165) is 11.1 Å². The van der Waals surface area contributed by atoms with Crippen molar-refractivity contribution in [1.82, 2.24) is 4.90 Å². The Bertz CT molecular complexity index is 875. The number of thioether (sulfide) groups is 1. The van der Waals surface area contributed by atoms with Crippen molar-refractivity contribution in [3.8, 4) is 0 Å². The lowest BCUT2D eigenvalue weighted by Crippen LogP contribution is -2.44. The van der Waals surface area contributed by atoms with Gasteiger partial charge in [0.2, 0.25) is 5.91 Å². The molecule has 1 saturated heterocycles. The fraction of sp³-hybridized carbons (Fsp3) is 0.263. The molecule has 4 nitrogen and oxygen atoms in total. The maximum Gasteiger partial charge on any atom is 0.256 e. The van der Waals surface area contributed by atoms with Gasteiger partial charge in [-0.2, -0.15) is 0 Å². The van der Waals surface area contributed by atoms with Gasteiger partial charge in [-0.15, -0.1) is 11.8 Å². The van der Waals surface area contributed by atoms with Crippen LogP contribution in [0.2, 0.25) is 0 Å². The normalized spacial score (nSPS) is 16.6. The summed E-state index contributed by atoms with van der Waals surface area (Å²) in [7, 11) is 0. The van der Waals surface area contributed by atoms with Crippen molar-refractivity contribution in [2.45, 2.75) is 19.9 Å². The van der Waals surface area contributed by atoms with Crippen LogP contribution < -0.4 is 5.32 Å². The lowest BCUT2D eigenvalue weighted by Gasteiger charge is -2.23. The Morgan fingerprint density at radius 2 is 1.96 bits per heavy atom. The fourth-order valence-electron chi connectivity index (χ4n) is 2.72. The van der Waals surface area contributed by atoms with Crippen molar-refractivity contribution in [2.75, 3.05) is 16.9 Å². The summed E-state index contributed by atoms with van der Waals surface area (Å²) in [6, 6.07) is 9.07. The molecule has 1 unspecified atom stereocenters. The van der Waals surface area contributed by atoms with E-state index in [1.165, 1.54) is 34.9 Å². The monoisotopic (exact) mass is 436 g/mol. The molecule has 0 bridgehead atoms. The van der Waals surface area contributed by atoms with E-state index in [4.69, 9.17) is 0 Å². The van der Waals surface area contributed by atoms with E-state index < -0.39 is 11.9 Å². The first-order valence-corrected chi connectivity index (χ1v) is 10.0. The maximum atomic E-state index is 13.5. The van der Waals surface area contributed by atoms with Gasteiger partial charge in [-0.3, -0.25) is 9.59 Å². The van der Waals surface area contributed by atoms with Gasteiger partial charge in [0.05, 0.1) is 11.4 Å². The van der Waals surface area contributed by atoms with E-state index in [-0.39, 0.29) is 17.4 Å². The third kappa shape index (κ3) is 3.94. The van der Waals surface area contributed by atoms with Crippen LogP contribution in [0.15, 0.2) is 40.9 Å². The highest BCUT2D eigenvalue weighted by molar-refractivity contribution is 9.10. The molecule has 2 aromatic carbocycles. The number of carbonyl (C=O) groups is 2. The van der Waals surface area contributed by atoms with Gasteiger partial charge in [0.25, 0.3) is 5.91 Å². The van der Waals surface area contributed by atoms with Gasteiger partial charge in [-0.1, -0.05) is 6.07 Å². The molecule has 2 aromatic rings. The van der Waals surface area contributed by atoms with E-state index in [1.807, 2.05) is 32.0 Å². The predicted octanol–water partition coefficient (Wildman–Crippen LogP) is 4.36. The highest BCUT2D eigenvalue weighted by atomic mass is 79.9. The second-order valence-electron chi connectivity index (χ2n) is 6.20. The van der Waals surface area contributed by atoms with Crippen molar-refractivity contribution < 1.29 is 14.0 Å². The van der Waals surface area contributed by atoms with E-state index in [2.05, 4.69) is 21.2 Å². The third-order valence-electron chi connectivity index (χ3n) is 4.38. The van der Waals surface area contributed by atoms with Crippen molar-refractivity contribution in [3.63, 3.8) is 0 Å². The fourth-order valence-corrected chi connectivity index (χ4v) is 4.29. The first-order chi connectivity index (χ1) is 12.4. The van der Waals surface area contributed by atoms with Crippen molar-refractivity contribution >= 4 is 45.2 Å². The Labute approximate surface area is 164 Å². The molecule has 0 saturated carbocycles. The Balaban J connectivity index is 1.78. The molecule has 0 radical (unpaired) electrons. The average Bonchev–Trinajstić information content (AvgIpc) is 3.09. The largest absolute Gasteiger partial charge is 0.324 e. The molecule has 0 aliphatic carbocycles. The van der Waals surface area contributed by atoms with Gasteiger partial charge in [0.15, 0.2) is 0 Å². The Kier molecular flexibility index (Phi) is 5.67. The van der Waals surface area contributed by atoms with Crippen LogP contribution in [0.4, 0.5) is 10.1 Å². The van der Waals surface area contributed by atoms with Gasteiger partial charge in [-0.05, 0) is 71.2 Å². The first-order valence-electron chi connectivity index (χ1n) is 8.08. The number of hydrogen-bond donors (Lipinski definition) is 1. The average molecular weight is 437 g/mol. The van der Waals surface area contributed by atoms with Crippen molar-refractivity contribution in [3.05, 3.63) is 63.4 Å². The van der Waals surface area contributed by atoms with Crippen LogP contribution in [-0.4, -0.2) is 34.4 Å². The zero-order valence-corrected chi connectivity index (χ0v) is 16.8. The molecule has 2 amide bonds. The first kappa shape index (κ1) is 18.9.